The first-order valence-electron chi connectivity index (χ1n) is 19.1. The molecule has 48 heavy (non-hydrogen) atoms. The molecule has 3 atom stereocenters. The summed E-state index contributed by atoms with van der Waals surface area (Å²) in [6.07, 6.45) is 18.6. The lowest BCUT2D eigenvalue weighted by Crippen LogP contribution is -2.41. The summed E-state index contributed by atoms with van der Waals surface area (Å²) in [6, 6.07) is 2.53. The lowest BCUT2D eigenvalue weighted by molar-refractivity contribution is -0.138. The Hall–Kier alpha value is -1.34. The number of likely N-dealkylation sites (tertiary alicyclic amines) is 1. The highest BCUT2D eigenvalue weighted by Gasteiger charge is 2.35. The Morgan fingerprint density at radius 2 is 1.44 bits per heavy atom. The van der Waals surface area contributed by atoms with Crippen LogP contribution in [0, 0.1) is 17.2 Å². The molecule has 0 spiro atoms. The minimum atomic E-state index is -1.35. The molecule has 1 aliphatic heterocycles. The normalized spacial score (nSPS) is 17.0. The molecule has 0 aliphatic carbocycles. The van der Waals surface area contributed by atoms with Crippen LogP contribution in [0.25, 0.3) is 0 Å². The number of nitriles is 1. The van der Waals surface area contributed by atoms with Crippen LogP contribution >= 0.6 is 8.53 Å². The van der Waals surface area contributed by atoms with Crippen molar-refractivity contribution in [3.05, 3.63) is 0 Å². The number of hydrogen-bond donors (Lipinski definition) is 1. The largest absolute Gasteiger partial charge is 0.377 e. The summed E-state index contributed by atoms with van der Waals surface area (Å²) in [5, 5.41) is 11.9. The van der Waals surface area contributed by atoms with Crippen LogP contribution in [0.3, 0.4) is 0 Å². The van der Waals surface area contributed by atoms with Crippen LogP contribution in [-0.4, -0.2) is 92.2 Å². The van der Waals surface area contributed by atoms with Crippen LogP contribution in [0.5, 0.6) is 0 Å². The van der Waals surface area contributed by atoms with Crippen molar-refractivity contribution in [1.82, 2.24) is 14.9 Å². The van der Waals surface area contributed by atoms with Crippen molar-refractivity contribution in [2.75, 3.05) is 52.7 Å². The van der Waals surface area contributed by atoms with Crippen molar-refractivity contribution in [3.63, 3.8) is 0 Å². The van der Waals surface area contributed by atoms with Crippen LogP contribution in [0.2, 0.25) is 0 Å². The second-order valence-corrected chi connectivity index (χ2v) is 15.3. The van der Waals surface area contributed by atoms with Crippen molar-refractivity contribution >= 4 is 20.3 Å². The van der Waals surface area contributed by atoms with Gasteiger partial charge in [-0.15, -0.1) is 0 Å². The zero-order valence-corrected chi connectivity index (χ0v) is 32.4. The molecule has 1 fully saturated rings. The average molecular weight is 699 g/mol. The van der Waals surface area contributed by atoms with E-state index in [1.165, 1.54) is 70.6 Å². The molecule has 1 rings (SSSR count). The highest BCUT2D eigenvalue weighted by Crippen LogP contribution is 2.46. The number of ether oxygens (including phenoxy) is 2. The van der Waals surface area contributed by atoms with E-state index in [-0.39, 0.29) is 36.5 Å². The number of unbranched alkanes of at least 4 members (excludes halogenated alkanes) is 12. The predicted molar refractivity (Wildman–Crippen MR) is 195 cm³/mol. The molecule has 2 amide bonds. The van der Waals surface area contributed by atoms with Crippen molar-refractivity contribution in [3.8, 4) is 6.07 Å². The van der Waals surface area contributed by atoms with E-state index in [0.717, 1.165) is 19.3 Å². The molecule has 1 saturated heterocycles. The van der Waals surface area contributed by atoms with E-state index in [2.05, 4.69) is 57.6 Å². The predicted octanol–water partition coefficient (Wildman–Crippen LogP) is 8.15. The van der Waals surface area contributed by atoms with Crippen molar-refractivity contribution in [2.24, 2.45) is 5.92 Å². The third-order valence-corrected chi connectivity index (χ3v) is 10.7. The summed E-state index contributed by atoms with van der Waals surface area (Å²) in [5.41, 5.74) is 0. The zero-order chi connectivity index (χ0) is 35.4. The van der Waals surface area contributed by atoms with Gasteiger partial charge in [0.2, 0.25) is 11.8 Å². The first-order valence-corrected chi connectivity index (χ1v) is 20.3. The monoisotopic (exact) mass is 699 g/mol. The number of carbonyl (C=O) groups excluding carboxylic acids is 2. The van der Waals surface area contributed by atoms with E-state index in [9.17, 15) is 9.59 Å². The second kappa shape index (κ2) is 29.4. The van der Waals surface area contributed by atoms with Gasteiger partial charge in [-0.25, -0.2) is 4.67 Å². The van der Waals surface area contributed by atoms with E-state index in [1.54, 1.807) is 0 Å². The minimum Gasteiger partial charge on any atom is -0.377 e. The standard InChI is InChI=1S/C37H71N4O6P/c1-7-8-9-10-11-12-13-14-15-16-17-18-19-21-36(42)39-23-25-44-26-27-45-31-37(43)40-29-34(6)28-35(40)30-47-48(46-24-20-22-38)41(32(2)3)33(4)5/h32-35H,7-21,23-31H2,1-6H3,(H,39,42)/t34-,35+,48?/m1/s1. The van der Waals surface area contributed by atoms with Crippen LogP contribution < -0.4 is 5.32 Å². The van der Waals surface area contributed by atoms with Crippen molar-refractivity contribution in [1.29, 1.82) is 5.26 Å². The van der Waals surface area contributed by atoms with Crippen LogP contribution in [-0.2, 0) is 28.1 Å². The average Bonchev–Trinajstić information content (AvgIpc) is 3.43. The van der Waals surface area contributed by atoms with Crippen LogP contribution in [0.1, 0.15) is 144 Å². The Kier molecular flexibility index (Phi) is 27.4. The van der Waals surface area contributed by atoms with Crippen LogP contribution in [0.4, 0.5) is 0 Å². The minimum absolute atomic E-state index is 0.0000145. The smallest absolute Gasteiger partial charge is 0.259 e. The highest BCUT2D eigenvalue weighted by atomic mass is 31.2. The Labute approximate surface area is 295 Å². The fraction of sp³-hybridized carbons (Fsp3) is 0.919. The summed E-state index contributed by atoms with van der Waals surface area (Å²) in [4.78, 5) is 27.0. The van der Waals surface area contributed by atoms with Crippen molar-refractivity contribution < 1.29 is 28.1 Å². The van der Waals surface area contributed by atoms with Gasteiger partial charge >= 0.3 is 0 Å². The fourth-order valence-corrected chi connectivity index (χ4v) is 7.84. The zero-order valence-electron chi connectivity index (χ0n) is 31.5. The molecule has 0 aromatic rings. The molecule has 0 saturated carbocycles. The van der Waals surface area contributed by atoms with Gasteiger partial charge in [0.25, 0.3) is 8.53 Å². The Morgan fingerprint density at radius 3 is 2.02 bits per heavy atom. The molecule has 0 bridgehead atoms. The maximum Gasteiger partial charge on any atom is 0.259 e. The molecule has 1 aliphatic rings. The van der Waals surface area contributed by atoms with Crippen molar-refractivity contribution in [2.45, 2.75) is 162 Å². The summed E-state index contributed by atoms with van der Waals surface area (Å²) >= 11 is 0. The van der Waals surface area contributed by atoms with Gasteiger partial charge in [-0.2, -0.15) is 5.26 Å². The van der Waals surface area contributed by atoms with Gasteiger partial charge in [0, 0.05) is 31.6 Å². The third kappa shape index (κ3) is 21.7. The Bertz CT molecular complexity index is 850. The van der Waals surface area contributed by atoms with Gasteiger partial charge in [0.05, 0.1) is 51.6 Å². The number of rotatable bonds is 31. The second-order valence-electron chi connectivity index (χ2n) is 13.9. The van der Waals surface area contributed by atoms with Gasteiger partial charge in [-0.3, -0.25) is 9.59 Å². The first kappa shape index (κ1) is 44.7. The van der Waals surface area contributed by atoms with Gasteiger partial charge < -0.3 is 28.7 Å². The van der Waals surface area contributed by atoms with E-state index in [0.29, 0.717) is 64.9 Å². The summed E-state index contributed by atoms with van der Waals surface area (Å²) in [5.74, 6) is 0.416. The fourth-order valence-electron chi connectivity index (χ4n) is 6.19. The Morgan fingerprint density at radius 1 is 0.854 bits per heavy atom. The SMILES string of the molecule is CCCCCCCCCCCCCCCC(=O)NCCOCCOCC(=O)N1C[C@H](C)C[C@H]1COP(OCCC#N)N(C(C)C)C(C)C. The van der Waals surface area contributed by atoms with E-state index < -0.39 is 8.53 Å². The van der Waals surface area contributed by atoms with Gasteiger partial charge in [-0.1, -0.05) is 90.9 Å². The summed E-state index contributed by atoms with van der Waals surface area (Å²) in [6.45, 7) is 15.8. The number of hydrogen-bond acceptors (Lipinski definition) is 8. The van der Waals surface area contributed by atoms with E-state index in [4.69, 9.17) is 23.8 Å². The number of nitrogens with one attached hydrogen (secondary N) is 1. The molecule has 1 heterocycles. The van der Waals surface area contributed by atoms with Gasteiger partial charge in [0.1, 0.15) is 6.61 Å². The lowest BCUT2D eigenvalue weighted by atomic mass is 10.0. The quantitative estimate of drug-likeness (QED) is 0.0570. The first-order chi connectivity index (χ1) is 23.2. The number of nitrogens with zero attached hydrogens (tertiary/aromatic N) is 3. The highest BCUT2D eigenvalue weighted by molar-refractivity contribution is 7.44. The third-order valence-electron chi connectivity index (χ3n) is 8.66. The molecule has 280 valence electrons. The Balaban J connectivity index is 2.14. The molecule has 10 nitrogen and oxygen atoms in total. The molecule has 11 heteroatoms. The molecular formula is C37H71N4O6P. The number of carbonyl (C=O) groups is 2. The maximum atomic E-state index is 13.0. The van der Waals surface area contributed by atoms with E-state index in [1.807, 2.05) is 4.90 Å². The molecule has 1 N–H and O–H groups in total. The molecule has 1 unspecified atom stereocenters. The summed E-state index contributed by atoms with van der Waals surface area (Å²) < 4.78 is 25.8. The molecule has 0 aromatic heterocycles. The van der Waals surface area contributed by atoms with E-state index >= 15 is 0 Å². The molecule has 0 radical (unpaired) electrons. The van der Waals surface area contributed by atoms with Gasteiger partial charge in [0.15, 0.2) is 0 Å². The molecular weight excluding hydrogens is 627 g/mol. The van der Waals surface area contributed by atoms with Crippen LogP contribution in [0.15, 0.2) is 0 Å². The molecule has 0 aromatic carbocycles. The lowest BCUT2D eigenvalue weighted by Gasteiger charge is -2.36. The summed E-state index contributed by atoms with van der Waals surface area (Å²) in [7, 11) is -1.35. The van der Waals surface area contributed by atoms with Gasteiger partial charge in [-0.05, 0) is 46.5 Å². The topological polar surface area (TPSA) is 113 Å². The maximum absolute atomic E-state index is 13.0. The number of amides is 2.